The maximum absolute atomic E-state index is 11.9. The van der Waals surface area contributed by atoms with Gasteiger partial charge in [-0.3, -0.25) is 9.48 Å². The Kier molecular flexibility index (Phi) is 5.16. The van der Waals surface area contributed by atoms with Gasteiger partial charge < -0.3 is 16.3 Å². The van der Waals surface area contributed by atoms with E-state index in [9.17, 15) is 4.79 Å². The van der Waals surface area contributed by atoms with Gasteiger partial charge in [-0.1, -0.05) is 18.5 Å². The quantitative estimate of drug-likeness (QED) is 0.291. The predicted octanol–water partition coefficient (Wildman–Crippen LogP) is 0.199. The van der Waals surface area contributed by atoms with Crippen LogP contribution in [0.5, 0.6) is 0 Å². The molecule has 0 fully saturated rings. The number of hydrogen-bond donors (Lipinski definition) is 3. The fraction of sp³-hybridized carbons (Fsp3) is 0.545. The van der Waals surface area contributed by atoms with Crippen LogP contribution in [0.15, 0.2) is 17.4 Å². The smallest absolute Gasteiger partial charge is 0.231 e. The summed E-state index contributed by atoms with van der Waals surface area (Å²) in [7, 11) is 1.80. The maximum Gasteiger partial charge on any atom is 0.231 e. The van der Waals surface area contributed by atoms with E-state index in [0.29, 0.717) is 13.0 Å². The Morgan fingerprint density at radius 3 is 2.94 bits per heavy atom. The molecule has 1 aromatic heterocycles. The van der Waals surface area contributed by atoms with Crippen molar-refractivity contribution in [2.75, 3.05) is 0 Å². The Balaban J connectivity index is 2.60. The van der Waals surface area contributed by atoms with Gasteiger partial charge in [-0.2, -0.15) is 5.10 Å². The first kappa shape index (κ1) is 14.0. The van der Waals surface area contributed by atoms with Crippen LogP contribution in [0.1, 0.15) is 25.5 Å². The highest BCUT2D eigenvalue weighted by Crippen LogP contribution is 2.07. The Bertz CT molecular complexity index is 427. The topological polar surface area (TPSA) is 106 Å². The molecule has 0 aliphatic rings. The molecule has 0 aliphatic carbocycles. The molecule has 0 saturated heterocycles. The minimum Gasteiger partial charge on any atom is -0.409 e. The van der Waals surface area contributed by atoms with E-state index in [1.807, 2.05) is 13.0 Å². The van der Waals surface area contributed by atoms with Crippen molar-refractivity contribution in [1.29, 1.82) is 0 Å². The molecule has 0 radical (unpaired) electrons. The molecule has 4 N–H and O–H groups in total. The van der Waals surface area contributed by atoms with Crippen LogP contribution < -0.4 is 11.1 Å². The van der Waals surface area contributed by atoms with Gasteiger partial charge in [0.25, 0.3) is 0 Å². The van der Waals surface area contributed by atoms with Gasteiger partial charge in [0.15, 0.2) is 5.84 Å². The third-order valence-electron chi connectivity index (χ3n) is 2.73. The molecule has 1 heterocycles. The molecular weight excluding hydrogens is 234 g/mol. The summed E-state index contributed by atoms with van der Waals surface area (Å²) in [6.45, 7) is 2.31. The number of nitrogens with two attached hydrogens (primary N) is 1. The van der Waals surface area contributed by atoms with Crippen molar-refractivity contribution < 1.29 is 10.0 Å². The number of aryl methyl sites for hydroxylation is 1. The zero-order chi connectivity index (χ0) is 13.5. The Hall–Kier alpha value is -2.05. The van der Waals surface area contributed by atoms with Crippen molar-refractivity contribution >= 4 is 11.7 Å². The largest absolute Gasteiger partial charge is 0.409 e. The van der Waals surface area contributed by atoms with Crippen LogP contribution in [0.4, 0.5) is 0 Å². The third-order valence-corrected chi connectivity index (χ3v) is 2.73. The number of amides is 1. The lowest BCUT2D eigenvalue weighted by molar-refractivity contribution is -0.123. The van der Waals surface area contributed by atoms with E-state index in [1.165, 1.54) is 0 Å². The first-order chi connectivity index (χ1) is 8.60. The van der Waals surface area contributed by atoms with Crippen molar-refractivity contribution in [3.05, 3.63) is 18.0 Å². The molecule has 0 spiro atoms. The van der Waals surface area contributed by atoms with E-state index >= 15 is 0 Å². The molecule has 1 atom stereocenters. The van der Waals surface area contributed by atoms with E-state index in [2.05, 4.69) is 15.6 Å². The van der Waals surface area contributed by atoms with Crippen LogP contribution in [0.2, 0.25) is 0 Å². The molecule has 1 rings (SSSR count). The summed E-state index contributed by atoms with van der Waals surface area (Å²) < 4.78 is 1.68. The van der Waals surface area contributed by atoms with Gasteiger partial charge in [-0.25, -0.2) is 0 Å². The van der Waals surface area contributed by atoms with Crippen LogP contribution >= 0.6 is 0 Å². The van der Waals surface area contributed by atoms with Gasteiger partial charge in [0, 0.05) is 13.2 Å². The lowest BCUT2D eigenvalue weighted by atomic mass is 10.0. The first-order valence-electron chi connectivity index (χ1n) is 5.82. The zero-order valence-corrected chi connectivity index (χ0v) is 10.6. The molecule has 1 amide bonds. The lowest BCUT2D eigenvalue weighted by Crippen LogP contribution is -2.38. The van der Waals surface area contributed by atoms with Crippen molar-refractivity contribution in [3.63, 3.8) is 0 Å². The van der Waals surface area contributed by atoms with Gasteiger partial charge in [0.2, 0.25) is 5.91 Å². The van der Waals surface area contributed by atoms with E-state index in [4.69, 9.17) is 10.9 Å². The molecule has 0 bridgehead atoms. The standard InChI is InChI=1S/C11H19N5O2/c1-3-4-9(10(12)15-18)11(17)13-7-8-5-6-14-16(8)2/h5-6,9,18H,3-4,7H2,1-2H3,(H2,12,15)(H,13,17). The van der Waals surface area contributed by atoms with Gasteiger partial charge in [-0.05, 0) is 12.5 Å². The predicted molar refractivity (Wildman–Crippen MR) is 66.9 cm³/mol. The molecule has 0 aliphatic heterocycles. The Morgan fingerprint density at radius 1 is 1.72 bits per heavy atom. The molecular formula is C11H19N5O2. The van der Waals surface area contributed by atoms with Gasteiger partial charge in [0.05, 0.1) is 18.2 Å². The van der Waals surface area contributed by atoms with Crippen LogP contribution in [0.25, 0.3) is 0 Å². The number of hydrogen-bond acceptors (Lipinski definition) is 4. The van der Waals surface area contributed by atoms with Crippen molar-refractivity contribution in [3.8, 4) is 0 Å². The number of carbonyl (C=O) groups is 1. The zero-order valence-electron chi connectivity index (χ0n) is 10.6. The van der Waals surface area contributed by atoms with Crippen LogP contribution in [-0.4, -0.2) is 26.7 Å². The summed E-state index contributed by atoms with van der Waals surface area (Å²) in [6, 6.07) is 1.82. The number of nitrogens with one attached hydrogen (secondary N) is 1. The first-order valence-corrected chi connectivity index (χ1v) is 5.82. The molecule has 0 aromatic carbocycles. The highest BCUT2D eigenvalue weighted by Gasteiger charge is 2.22. The molecule has 18 heavy (non-hydrogen) atoms. The second-order valence-electron chi connectivity index (χ2n) is 4.03. The average Bonchev–Trinajstić information content (AvgIpc) is 2.77. The average molecular weight is 253 g/mol. The van der Waals surface area contributed by atoms with E-state index < -0.39 is 5.92 Å². The Morgan fingerprint density at radius 2 is 2.44 bits per heavy atom. The minimum atomic E-state index is -0.590. The third kappa shape index (κ3) is 3.47. The summed E-state index contributed by atoms with van der Waals surface area (Å²) in [6.07, 6.45) is 2.99. The lowest BCUT2D eigenvalue weighted by Gasteiger charge is -2.14. The van der Waals surface area contributed by atoms with Crippen molar-refractivity contribution in [2.45, 2.75) is 26.3 Å². The highest BCUT2D eigenvalue weighted by molar-refractivity contribution is 6.01. The van der Waals surface area contributed by atoms with Gasteiger partial charge in [-0.15, -0.1) is 0 Å². The second kappa shape index (κ2) is 6.63. The molecule has 1 unspecified atom stereocenters. The van der Waals surface area contributed by atoms with Crippen LogP contribution in [-0.2, 0) is 18.4 Å². The van der Waals surface area contributed by atoms with Crippen molar-refractivity contribution in [1.82, 2.24) is 15.1 Å². The van der Waals surface area contributed by atoms with Crippen LogP contribution in [0, 0.1) is 5.92 Å². The number of aromatic nitrogens is 2. The molecule has 100 valence electrons. The van der Waals surface area contributed by atoms with E-state index in [-0.39, 0.29) is 11.7 Å². The van der Waals surface area contributed by atoms with E-state index in [1.54, 1.807) is 17.9 Å². The molecule has 7 heteroatoms. The number of oxime groups is 1. The summed E-state index contributed by atoms with van der Waals surface area (Å²) in [5, 5.41) is 18.3. The molecule has 1 aromatic rings. The summed E-state index contributed by atoms with van der Waals surface area (Å²) in [5.41, 5.74) is 6.39. The highest BCUT2D eigenvalue weighted by atomic mass is 16.4. The molecule has 7 nitrogen and oxygen atoms in total. The minimum absolute atomic E-state index is 0.0562. The van der Waals surface area contributed by atoms with E-state index in [0.717, 1.165) is 12.1 Å². The number of nitrogens with zero attached hydrogens (tertiary/aromatic N) is 3. The fourth-order valence-corrected chi connectivity index (χ4v) is 1.65. The number of rotatable bonds is 6. The maximum atomic E-state index is 11.9. The number of carbonyl (C=O) groups excluding carboxylic acids is 1. The number of amidine groups is 1. The second-order valence-corrected chi connectivity index (χ2v) is 4.03. The monoisotopic (exact) mass is 253 g/mol. The SMILES string of the molecule is CCCC(C(=O)NCc1ccnn1C)C(N)=NO. The summed E-state index contributed by atoms with van der Waals surface area (Å²) >= 11 is 0. The normalized spacial score (nSPS) is 13.3. The Labute approximate surface area is 106 Å². The van der Waals surface area contributed by atoms with Crippen molar-refractivity contribution in [2.24, 2.45) is 23.9 Å². The van der Waals surface area contributed by atoms with Gasteiger partial charge in [0.1, 0.15) is 0 Å². The summed E-state index contributed by atoms with van der Waals surface area (Å²) in [4.78, 5) is 11.9. The molecule has 0 saturated carbocycles. The van der Waals surface area contributed by atoms with Gasteiger partial charge >= 0.3 is 0 Å². The fourth-order valence-electron chi connectivity index (χ4n) is 1.65. The summed E-state index contributed by atoms with van der Waals surface area (Å²) in [5.74, 6) is -0.888. The van der Waals surface area contributed by atoms with Crippen LogP contribution in [0.3, 0.4) is 0 Å².